The number of carbonyl (C=O) groups is 1. The molecule has 5 rings (SSSR count). The maximum absolute atomic E-state index is 12.4. The summed E-state index contributed by atoms with van der Waals surface area (Å²) in [7, 11) is 0. The maximum Gasteiger partial charge on any atom is 0.252 e. The van der Waals surface area contributed by atoms with Crippen LogP contribution in [0.3, 0.4) is 0 Å². The third-order valence-corrected chi connectivity index (χ3v) is 5.04. The Morgan fingerprint density at radius 3 is 2.56 bits per heavy atom. The lowest BCUT2D eigenvalue weighted by atomic mass is 9.97. The summed E-state index contributed by atoms with van der Waals surface area (Å²) in [5.41, 5.74) is 4.87. The van der Waals surface area contributed by atoms with E-state index in [4.69, 9.17) is 4.74 Å². The molecule has 3 aromatic carbocycles. The van der Waals surface area contributed by atoms with Crippen molar-refractivity contribution in [3.8, 4) is 5.75 Å². The fourth-order valence-electron chi connectivity index (χ4n) is 3.75. The third-order valence-electron chi connectivity index (χ3n) is 5.04. The van der Waals surface area contributed by atoms with Gasteiger partial charge in [0, 0.05) is 28.2 Å². The van der Waals surface area contributed by atoms with Crippen LogP contribution in [0, 0.1) is 0 Å². The van der Waals surface area contributed by atoms with Crippen LogP contribution in [0.4, 0.5) is 0 Å². The molecular weight excluding hydrogens is 336 g/mol. The van der Waals surface area contributed by atoms with Crippen molar-refractivity contribution in [2.45, 2.75) is 12.6 Å². The van der Waals surface area contributed by atoms with E-state index in [1.807, 2.05) is 79.0 Å². The molecule has 132 valence electrons. The largest absolute Gasteiger partial charge is 0.488 e. The molecule has 0 bridgehead atoms. The van der Waals surface area contributed by atoms with Gasteiger partial charge < -0.3 is 15.0 Å². The van der Waals surface area contributed by atoms with Gasteiger partial charge in [0.25, 0.3) is 5.91 Å². The second kappa shape index (κ2) is 6.32. The number of carbonyl (C=O) groups excluding carboxylic acids is 1. The van der Waals surface area contributed by atoms with Gasteiger partial charge in [-0.05, 0) is 29.3 Å². The van der Waals surface area contributed by atoms with Crippen LogP contribution in [-0.4, -0.2) is 10.9 Å². The predicted octanol–water partition coefficient (Wildman–Crippen LogP) is 4.58. The summed E-state index contributed by atoms with van der Waals surface area (Å²) in [6.07, 6.45) is 1.97. The van der Waals surface area contributed by atoms with Crippen LogP contribution in [0.5, 0.6) is 5.75 Å². The van der Waals surface area contributed by atoms with E-state index in [0.29, 0.717) is 6.61 Å². The highest BCUT2D eigenvalue weighted by Gasteiger charge is 2.31. The van der Waals surface area contributed by atoms with E-state index in [9.17, 15) is 4.79 Å². The van der Waals surface area contributed by atoms with Gasteiger partial charge in [0.1, 0.15) is 12.4 Å². The Morgan fingerprint density at radius 1 is 0.852 bits per heavy atom. The summed E-state index contributed by atoms with van der Waals surface area (Å²) in [4.78, 5) is 15.7. The van der Waals surface area contributed by atoms with E-state index in [2.05, 4.69) is 10.3 Å². The molecule has 4 aromatic rings. The van der Waals surface area contributed by atoms with Crippen LogP contribution in [0.2, 0.25) is 0 Å². The molecule has 0 radical (unpaired) electrons. The fraction of sp³-hybridized carbons (Fsp3) is 0.0870. The Hall–Kier alpha value is -3.53. The Balaban J connectivity index is 1.56. The van der Waals surface area contributed by atoms with E-state index < -0.39 is 0 Å². The number of ether oxygens (including phenoxy) is 1. The minimum atomic E-state index is -0.177. The van der Waals surface area contributed by atoms with E-state index >= 15 is 0 Å². The van der Waals surface area contributed by atoms with Gasteiger partial charge in [0.05, 0.1) is 6.04 Å². The van der Waals surface area contributed by atoms with Crippen molar-refractivity contribution >= 4 is 16.8 Å². The molecule has 0 aliphatic carbocycles. The summed E-state index contributed by atoms with van der Waals surface area (Å²) in [5.74, 6) is 0.777. The number of benzene rings is 3. The number of H-pyrrole nitrogens is 1. The molecule has 1 aliphatic heterocycles. The highest BCUT2D eigenvalue weighted by Crippen LogP contribution is 2.38. The Bertz CT molecular complexity index is 1130. The Morgan fingerprint density at radius 2 is 1.67 bits per heavy atom. The molecule has 0 fully saturated rings. The number of rotatable bonds is 4. The fourth-order valence-corrected chi connectivity index (χ4v) is 3.75. The summed E-state index contributed by atoms with van der Waals surface area (Å²) < 4.78 is 6.15. The smallest absolute Gasteiger partial charge is 0.252 e. The van der Waals surface area contributed by atoms with E-state index in [0.717, 1.165) is 38.9 Å². The molecule has 1 aromatic heterocycles. The number of fused-ring (bicyclic) bond motifs is 2. The van der Waals surface area contributed by atoms with Gasteiger partial charge in [0.2, 0.25) is 0 Å². The second-order valence-electron chi connectivity index (χ2n) is 6.69. The average Bonchev–Trinajstić information content (AvgIpc) is 3.29. The van der Waals surface area contributed by atoms with Gasteiger partial charge >= 0.3 is 0 Å². The lowest BCUT2D eigenvalue weighted by molar-refractivity contribution is 0.0960. The number of aromatic nitrogens is 1. The number of aromatic amines is 1. The van der Waals surface area contributed by atoms with Gasteiger partial charge in [-0.3, -0.25) is 4.79 Å². The minimum Gasteiger partial charge on any atom is -0.488 e. The van der Waals surface area contributed by atoms with Crippen molar-refractivity contribution in [1.29, 1.82) is 0 Å². The SMILES string of the molecule is O=C1N[C@@H](c2c[nH]c3cccc(OCc4ccccc4)c23)c2ccccc21. The Kier molecular flexibility index (Phi) is 3.68. The quantitative estimate of drug-likeness (QED) is 0.564. The van der Waals surface area contributed by atoms with Crippen molar-refractivity contribution in [3.63, 3.8) is 0 Å². The number of hydrogen-bond donors (Lipinski definition) is 2. The van der Waals surface area contributed by atoms with Crippen LogP contribution in [-0.2, 0) is 6.61 Å². The topological polar surface area (TPSA) is 54.1 Å². The van der Waals surface area contributed by atoms with Crippen molar-refractivity contribution in [2.24, 2.45) is 0 Å². The zero-order valence-corrected chi connectivity index (χ0v) is 14.6. The zero-order valence-electron chi connectivity index (χ0n) is 14.6. The zero-order chi connectivity index (χ0) is 18.2. The molecule has 2 N–H and O–H groups in total. The molecule has 0 unspecified atom stereocenters. The van der Waals surface area contributed by atoms with Crippen molar-refractivity contribution < 1.29 is 9.53 Å². The van der Waals surface area contributed by atoms with Gasteiger partial charge in [0.15, 0.2) is 0 Å². The molecule has 4 heteroatoms. The van der Waals surface area contributed by atoms with Crippen molar-refractivity contribution in [2.75, 3.05) is 0 Å². The van der Waals surface area contributed by atoms with E-state index in [1.165, 1.54) is 0 Å². The van der Waals surface area contributed by atoms with E-state index in [1.54, 1.807) is 0 Å². The predicted molar refractivity (Wildman–Crippen MR) is 105 cm³/mol. The van der Waals surface area contributed by atoms with Gasteiger partial charge in [-0.2, -0.15) is 0 Å². The molecule has 0 spiro atoms. The third kappa shape index (κ3) is 2.66. The standard InChI is InChI=1S/C23H18N2O2/c26-23-17-10-5-4-9-16(17)22(25-23)18-13-24-19-11-6-12-20(21(18)19)27-14-15-7-2-1-3-8-15/h1-13,22,24H,14H2,(H,25,26)/t22-/m1/s1. The first-order valence-corrected chi connectivity index (χ1v) is 8.98. The first-order valence-electron chi connectivity index (χ1n) is 8.98. The molecule has 27 heavy (non-hydrogen) atoms. The first kappa shape index (κ1) is 15.7. The molecule has 2 heterocycles. The summed E-state index contributed by atoms with van der Waals surface area (Å²) in [5, 5.41) is 4.11. The highest BCUT2D eigenvalue weighted by molar-refractivity contribution is 6.01. The summed E-state index contributed by atoms with van der Waals surface area (Å²) >= 11 is 0. The molecule has 1 amide bonds. The Labute approximate surface area is 156 Å². The molecule has 0 saturated carbocycles. The minimum absolute atomic E-state index is 0.0346. The normalized spacial score (nSPS) is 15.6. The van der Waals surface area contributed by atoms with Crippen LogP contribution in [0.15, 0.2) is 79.0 Å². The maximum atomic E-state index is 12.4. The highest BCUT2D eigenvalue weighted by atomic mass is 16.5. The monoisotopic (exact) mass is 354 g/mol. The molecular formula is C23H18N2O2. The molecule has 4 nitrogen and oxygen atoms in total. The molecule has 0 saturated heterocycles. The van der Waals surface area contributed by atoms with Gasteiger partial charge in [-0.1, -0.05) is 54.6 Å². The summed E-state index contributed by atoms with van der Waals surface area (Å²) in [6.45, 7) is 0.498. The first-order chi connectivity index (χ1) is 13.3. The number of nitrogens with one attached hydrogen (secondary N) is 2. The van der Waals surface area contributed by atoms with Crippen molar-refractivity contribution in [3.05, 3.63) is 101 Å². The van der Waals surface area contributed by atoms with E-state index in [-0.39, 0.29) is 11.9 Å². The average molecular weight is 354 g/mol. The van der Waals surface area contributed by atoms with Crippen molar-refractivity contribution in [1.82, 2.24) is 10.3 Å². The lowest BCUT2D eigenvalue weighted by Crippen LogP contribution is -2.19. The van der Waals surface area contributed by atoms with Crippen LogP contribution in [0.25, 0.3) is 10.9 Å². The molecule has 1 atom stereocenters. The summed E-state index contributed by atoms with van der Waals surface area (Å²) in [6, 6.07) is 23.6. The van der Waals surface area contributed by atoms with Gasteiger partial charge in [-0.15, -0.1) is 0 Å². The molecule has 1 aliphatic rings. The van der Waals surface area contributed by atoms with Crippen LogP contribution in [0.1, 0.15) is 33.1 Å². The number of hydrogen-bond acceptors (Lipinski definition) is 2. The van der Waals surface area contributed by atoms with Crippen LogP contribution >= 0.6 is 0 Å². The lowest BCUT2D eigenvalue weighted by Gasteiger charge is -2.14. The number of amides is 1. The van der Waals surface area contributed by atoms with Crippen LogP contribution < -0.4 is 10.1 Å². The van der Waals surface area contributed by atoms with Gasteiger partial charge in [-0.25, -0.2) is 0 Å². The second-order valence-corrected chi connectivity index (χ2v) is 6.69.